The molecular weight excluding hydrogens is 230 g/mol. The molecule has 98 valence electrons. The molecule has 0 saturated carbocycles. The molecule has 1 aliphatic heterocycles. The van der Waals surface area contributed by atoms with Crippen LogP contribution in [0.1, 0.15) is 24.4 Å². The van der Waals surface area contributed by atoms with E-state index in [1.807, 2.05) is 18.2 Å². The second-order valence-electron chi connectivity index (χ2n) is 4.26. The van der Waals surface area contributed by atoms with Crippen LogP contribution in [0.3, 0.4) is 0 Å². The molecule has 0 fully saturated rings. The summed E-state index contributed by atoms with van der Waals surface area (Å²) < 4.78 is 15.8. The molecule has 0 radical (unpaired) electrons. The van der Waals surface area contributed by atoms with Gasteiger partial charge in [0.2, 0.25) is 0 Å². The van der Waals surface area contributed by atoms with Crippen molar-refractivity contribution in [2.45, 2.75) is 18.9 Å². The molecule has 0 amide bonds. The first-order valence-corrected chi connectivity index (χ1v) is 6.04. The molecule has 1 aromatic rings. The van der Waals surface area contributed by atoms with Crippen LogP contribution in [0.5, 0.6) is 11.5 Å². The van der Waals surface area contributed by atoms with Gasteiger partial charge in [-0.05, 0) is 36.1 Å². The largest absolute Gasteiger partial charge is 0.501 e. The summed E-state index contributed by atoms with van der Waals surface area (Å²) in [7, 11) is 3.24. The van der Waals surface area contributed by atoms with Crippen molar-refractivity contribution in [1.82, 2.24) is 0 Å². The van der Waals surface area contributed by atoms with Crippen molar-refractivity contribution in [3.8, 4) is 11.5 Å². The van der Waals surface area contributed by atoms with Crippen LogP contribution in [0.15, 0.2) is 30.0 Å². The molecule has 1 atom stereocenters. The van der Waals surface area contributed by atoms with Crippen LogP contribution in [-0.4, -0.2) is 20.8 Å². The summed E-state index contributed by atoms with van der Waals surface area (Å²) in [6.45, 7) is 0.780. The number of benzene rings is 1. The highest BCUT2D eigenvalue weighted by atomic mass is 16.5. The third-order valence-corrected chi connectivity index (χ3v) is 3.13. The summed E-state index contributed by atoms with van der Waals surface area (Å²) in [5.41, 5.74) is 8.36. The van der Waals surface area contributed by atoms with E-state index in [9.17, 15) is 0 Å². The van der Waals surface area contributed by atoms with E-state index in [0.29, 0.717) is 11.5 Å². The number of rotatable bonds is 4. The SMILES string of the molecule is COc1ccc(C(N)C2=COCCC2)cc1OC. The predicted molar refractivity (Wildman–Crippen MR) is 69.7 cm³/mol. The van der Waals surface area contributed by atoms with Gasteiger partial charge < -0.3 is 19.9 Å². The van der Waals surface area contributed by atoms with Crippen molar-refractivity contribution >= 4 is 0 Å². The van der Waals surface area contributed by atoms with Gasteiger partial charge in [0.1, 0.15) is 0 Å². The van der Waals surface area contributed by atoms with Gasteiger partial charge in [-0.15, -0.1) is 0 Å². The number of ether oxygens (including phenoxy) is 3. The van der Waals surface area contributed by atoms with Gasteiger partial charge in [0.05, 0.1) is 33.1 Å². The summed E-state index contributed by atoms with van der Waals surface area (Å²) in [6.07, 6.45) is 3.78. The molecule has 2 N–H and O–H groups in total. The Morgan fingerprint density at radius 1 is 1.22 bits per heavy atom. The van der Waals surface area contributed by atoms with Crippen molar-refractivity contribution in [2.75, 3.05) is 20.8 Å². The van der Waals surface area contributed by atoms with E-state index >= 15 is 0 Å². The van der Waals surface area contributed by atoms with Gasteiger partial charge in [0, 0.05) is 0 Å². The zero-order chi connectivity index (χ0) is 13.0. The zero-order valence-corrected chi connectivity index (χ0v) is 10.8. The minimum Gasteiger partial charge on any atom is -0.501 e. The molecule has 1 heterocycles. The number of methoxy groups -OCH3 is 2. The number of nitrogens with two attached hydrogens (primary N) is 1. The quantitative estimate of drug-likeness (QED) is 0.890. The minimum absolute atomic E-state index is 0.148. The molecule has 1 aliphatic rings. The van der Waals surface area contributed by atoms with E-state index < -0.39 is 0 Å². The topological polar surface area (TPSA) is 53.7 Å². The fourth-order valence-corrected chi connectivity index (χ4v) is 2.07. The highest BCUT2D eigenvalue weighted by Gasteiger charge is 2.16. The highest BCUT2D eigenvalue weighted by Crippen LogP contribution is 2.32. The van der Waals surface area contributed by atoms with Crippen molar-refractivity contribution < 1.29 is 14.2 Å². The van der Waals surface area contributed by atoms with E-state index in [-0.39, 0.29) is 6.04 Å². The van der Waals surface area contributed by atoms with E-state index in [0.717, 1.165) is 30.6 Å². The maximum atomic E-state index is 6.24. The van der Waals surface area contributed by atoms with Crippen molar-refractivity contribution in [1.29, 1.82) is 0 Å². The first-order valence-electron chi connectivity index (χ1n) is 6.04. The fourth-order valence-electron chi connectivity index (χ4n) is 2.07. The summed E-state index contributed by atoms with van der Waals surface area (Å²) in [6, 6.07) is 5.60. The zero-order valence-electron chi connectivity index (χ0n) is 10.8. The molecule has 4 heteroatoms. The fraction of sp³-hybridized carbons (Fsp3) is 0.429. The first-order chi connectivity index (χ1) is 8.76. The maximum Gasteiger partial charge on any atom is 0.161 e. The van der Waals surface area contributed by atoms with Gasteiger partial charge in [0.15, 0.2) is 11.5 Å². The van der Waals surface area contributed by atoms with Crippen LogP contribution >= 0.6 is 0 Å². The predicted octanol–water partition coefficient (Wildman–Crippen LogP) is 2.40. The summed E-state index contributed by atoms with van der Waals surface area (Å²) in [5.74, 6) is 1.41. The molecule has 0 aromatic heterocycles. The van der Waals surface area contributed by atoms with Gasteiger partial charge in [-0.3, -0.25) is 0 Å². The standard InChI is InChI=1S/C14H19NO3/c1-16-12-6-5-10(8-13(12)17-2)14(15)11-4-3-7-18-9-11/h5-6,8-9,14H,3-4,7,15H2,1-2H3. The molecule has 1 unspecified atom stereocenters. The molecule has 4 nitrogen and oxygen atoms in total. The molecule has 0 spiro atoms. The van der Waals surface area contributed by atoms with E-state index in [1.54, 1.807) is 20.5 Å². The Balaban J connectivity index is 2.24. The van der Waals surface area contributed by atoms with Crippen LogP contribution in [-0.2, 0) is 4.74 Å². The van der Waals surface area contributed by atoms with Crippen molar-refractivity contribution in [2.24, 2.45) is 5.73 Å². The molecule has 0 saturated heterocycles. The van der Waals surface area contributed by atoms with E-state index in [2.05, 4.69) is 0 Å². The molecular formula is C14H19NO3. The Morgan fingerprint density at radius 3 is 2.61 bits per heavy atom. The summed E-state index contributed by atoms with van der Waals surface area (Å²) in [5, 5.41) is 0. The third-order valence-electron chi connectivity index (χ3n) is 3.13. The first kappa shape index (κ1) is 12.8. The molecule has 0 aliphatic carbocycles. The normalized spacial score (nSPS) is 16.5. The van der Waals surface area contributed by atoms with E-state index in [1.165, 1.54) is 0 Å². The van der Waals surface area contributed by atoms with Crippen molar-refractivity contribution in [3.63, 3.8) is 0 Å². The summed E-state index contributed by atoms with van der Waals surface area (Å²) >= 11 is 0. The Morgan fingerprint density at radius 2 is 2.00 bits per heavy atom. The second-order valence-corrected chi connectivity index (χ2v) is 4.26. The van der Waals surface area contributed by atoms with Gasteiger partial charge in [-0.25, -0.2) is 0 Å². The second kappa shape index (κ2) is 5.78. The van der Waals surface area contributed by atoms with Gasteiger partial charge in [-0.2, -0.15) is 0 Å². The van der Waals surface area contributed by atoms with Crippen LogP contribution in [0.25, 0.3) is 0 Å². The molecule has 1 aromatic carbocycles. The Hall–Kier alpha value is -1.68. The molecule has 2 rings (SSSR count). The average molecular weight is 249 g/mol. The summed E-state index contributed by atoms with van der Waals surface area (Å²) in [4.78, 5) is 0. The lowest BCUT2D eigenvalue weighted by molar-refractivity contribution is 0.221. The van der Waals surface area contributed by atoms with Crippen LogP contribution < -0.4 is 15.2 Å². The smallest absolute Gasteiger partial charge is 0.161 e. The Labute approximate surface area is 107 Å². The monoisotopic (exact) mass is 249 g/mol. The Kier molecular flexibility index (Phi) is 4.10. The van der Waals surface area contributed by atoms with Crippen LogP contribution in [0.2, 0.25) is 0 Å². The number of hydrogen-bond acceptors (Lipinski definition) is 4. The lowest BCUT2D eigenvalue weighted by Crippen LogP contribution is -2.16. The lowest BCUT2D eigenvalue weighted by Gasteiger charge is -2.21. The van der Waals surface area contributed by atoms with Crippen LogP contribution in [0.4, 0.5) is 0 Å². The Bertz CT molecular complexity index is 443. The van der Waals surface area contributed by atoms with Gasteiger partial charge in [-0.1, -0.05) is 6.07 Å². The highest BCUT2D eigenvalue weighted by molar-refractivity contribution is 5.45. The molecule has 18 heavy (non-hydrogen) atoms. The molecule has 0 bridgehead atoms. The maximum absolute atomic E-state index is 6.24. The minimum atomic E-state index is -0.148. The van der Waals surface area contributed by atoms with Gasteiger partial charge in [0.25, 0.3) is 0 Å². The van der Waals surface area contributed by atoms with Gasteiger partial charge >= 0.3 is 0 Å². The number of hydrogen-bond donors (Lipinski definition) is 1. The van der Waals surface area contributed by atoms with E-state index in [4.69, 9.17) is 19.9 Å². The van der Waals surface area contributed by atoms with Crippen molar-refractivity contribution in [3.05, 3.63) is 35.6 Å². The van der Waals surface area contributed by atoms with Crippen LogP contribution in [0, 0.1) is 0 Å². The average Bonchev–Trinajstić information content (AvgIpc) is 2.46. The third kappa shape index (κ3) is 2.59. The lowest BCUT2D eigenvalue weighted by atomic mass is 9.96.